The van der Waals surface area contributed by atoms with Gasteiger partial charge < -0.3 is 14.4 Å². The van der Waals surface area contributed by atoms with E-state index in [1.807, 2.05) is 35.4 Å². The number of nitrogens with zero attached hydrogens (tertiary/aromatic N) is 2. The fraction of sp³-hybridized carbons (Fsp3) is 0.524. The molecule has 0 atom stereocenters. The molecule has 0 spiro atoms. The summed E-state index contributed by atoms with van der Waals surface area (Å²) in [7, 11) is 3.23. The Labute approximate surface area is 166 Å². The van der Waals surface area contributed by atoms with Gasteiger partial charge in [0.2, 0.25) is 5.91 Å². The Balaban J connectivity index is 2.10. The maximum absolute atomic E-state index is 12.7. The molecule has 1 aromatic carbocycles. The number of benzene rings is 1. The number of hydrogen-bond donors (Lipinski definition) is 0. The Morgan fingerprint density at radius 2 is 1.85 bits per heavy atom. The third-order valence-electron chi connectivity index (χ3n) is 4.88. The van der Waals surface area contributed by atoms with Gasteiger partial charge in [0, 0.05) is 24.0 Å². The van der Waals surface area contributed by atoms with Gasteiger partial charge in [0.1, 0.15) is 5.01 Å². The number of amides is 1. The number of rotatable bonds is 10. The number of ether oxygens (including phenoxy) is 2. The summed E-state index contributed by atoms with van der Waals surface area (Å²) in [5.74, 6) is 2.07. The van der Waals surface area contributed by atoms with E-state index >= 15 is 0 Å². The zero-order chi connectivity index (χ0) is 19.8. The second-order valence-electron chi connectivity index (χ2n) is 6.51. The highest BCUT2D eigenvalue weighted by atomic mass is 32.1. The fourth-order valence-electron chi connectivity index (χ4n) is 3.02. The molecule has 0 N–H and O–H groups in total. The number of likely N-dealkylation sites (N-methyl/N-ethyl adjacent to an activating group) is 1. The summed E-state index contributed by atoms with van der Waals surface area (Å²) in [6.07, 6.45) is 2.54. The van der Waals surface area contributed by atoms with Crippen molar-refractivity contribution >= 4 is 17.2 Å². The van der Waals surface area contributed by atoms with Crippen LogP contribution in [0.3, 0.4) is 0 Å². The molecule has 1 aromatic heterocycles. The van der Waals surface area contributed by atoms with Crippen LogP contribution in [0.1, 0.15) is 39.3 Å². The molecule has 2 aromatic rings. The van der Waals surface area contributed by atoms with E-state index in [1.54, 1.807) is 25.6 Å². The largest absolute Gasteiger partial charge is 0.493 e. The van der Waals surface area contributed by atoms with Gasteiger partial charge in [-0.05, 0) is 31.0 Å². The maximum Gasteiger partial charge on any atom is 0.228 e. The first-order chi connectivity index (χ1) is 13.1. The number of methoxy groups -OCH3 is 2. The SMILES string of the molecule is CCC(CC)CN(CC)C(=O)Cc1csc(-c2ccc(OC)c(OC)c2)n1. The first kappa shape index (κ1) is 21.2. The van der Waals surface area contributed by atoms with E-state index in [1.165, 1.54) is 0 Å². The maximum atomic E-state index is 12.7. The monoisotopic (exact) mass is 390 g/mol. The van der Waals surface area contributed by atoms with Gasteiger partial charge in [-0.2, -0.15) is 0 Å². The molecular weight excluding hydrogens is 360 g/mol. The number of aromatic nitrogens is 1. The molecule has 1 amide bonds. The van der Waals surface area contributed by atoms with Gasteiger partial charge in [-0.25, -0.2) is 4.98 Å². The lowest BCUT2D eigenvalue weighted by atomic mass is 10.0. The lowest BCUT2D eigenvalue weighted by Gasteiger charge is -2.25. The Morgan fingerprint density at radius 1 is 1.15 bits per heavy atom. The van der Waals surface area contributed by atoms with E-state index in [0.29, 0.717) is 23.8 Å². The topological polar surface area (TPSA) is 51.7 Å². The molecule has 0 fully saturated rings. The van der Waals surface area contributed by atoms with Crippen molar-refractivity contribution in [3.05, 3.63) is 29.3 Å². The number of thiazole rings is 1. The summed E-state index contributed by atoms with van der Waals surface area (Å²) in [6.45, 7) is 7.97. The van der Waals surface area contributed by atoms with E-state index in [9.17, 15) is 4.79 Å². The van der Waals surface area contributed by atoms with Crippen molar-refractivity contribution in [2.75, 3.05) is 27.3 Å². The quantitative estimate of drug-likeness (QED) is 0.592. The molecule has 1 heterocycles. The Kier molecular flexibility index (Phi) is 8.10. The first-order valence-electron chi connectivity index (χ1n) is 9.50. The van der Waals surface area contributed by atoms with Gasteiger partial charge in [0.15, 0.2) is 11.5 Å². The van der Waals surface area contributed by atoms with E-state index in [0.717, 1.165) is 42.2 Å². The van der Waals surface area contributed by atoms with E-state index in [4.69, 9.17) is 9.47 Å². The minimum Gasteiger partial charge on any atom is -0.493 e. The van der Waals surface area contributed by atoms with Crippen LogP contribution in [0.25, 0.3) is 10.6 Å². The van der Waals surface area contributed by atoms with Gasteiger partial charge >= 0.3 is 0 Å². The van der Waals surface area contributed by atoms with Crippen LogP contribution >= 0.6 is 11.3 Å². The van der Waals surface area contributed by atoms with Crippen LogP contribution in [-0.4, -0.2) is 43.1 Å². The normalized spacial score (nSPS) is 10.9. The predicted octanol–water partition coefficient (Wildman–Crippen LogP) is 4.65. The molecule has 0 bridgehead atoms. The summed E-state index contributed by atoms with van der Waals surface area (Å²) in [5.41, 5.74) is 1.78. The van der Waals surface area contributed by atoms with Crippen LogP contribution in [-0.2, 0) is 11.2 Å². The predicted molar refractivity (Wildman–Crippen MR) is 111 cm³/mol. The molecule has 0 aliphatic heterocycles. The molecular formula is C21H30N2O3S. The lowest BCUT2D eigenvalue weighted by Crippen LogP contribution is -2.36. The van der Waals surface area contributed by atoms with Crippen LogP contribution in [0.15, 0.2) is 23.6 Å². The van der Waals surface area contributed by atoms with Gasteiger partial charge in [-0.15, -0.1) is 11.3 Å². The van der Waals surface area contributed by atoms with Crippen LogP contribution in [0.4, 0.5) is 0 Å². The van der Waals surface area contributed by atoms with Crippen molar-refractivity contribution in [3.63, 3.8) is 0 Å². The lowest BCUT2D eigenvalue weighted by molar-refractivity contribution is -0.131. The van der Waals surface area contributed by atoms with Gasteiger partial charge in [-0.1, -0.05) is 26.7 Å². The molecule has 0 radical (unpaired) electrons. The average molecular weight is 391 g/mol. The third kappa shape index (κ3) is 5.45. The van der Waals surface area contributed by atoms with Crippen LogP contribution in [0, 0.1) is 5.92 Å². The fourth-order valence-corrected chi connectivity index (χ4v) is 3.84. The van der Waals surface area contributed by atoms with Crippen molar-refractivity contribution in [1.29, 1.82) is 0 Å². The van der Waals surface area contributed by atoms with E-state index in [2.05, 4.69) is 18.8 Å². The van der Waals surface area contributed by atoms with Crippen molar-refractivity contribution in [1.82, 2.24) is 9.88 Å². The average Bonchev–Trinajstić information content (AvgIpc) is 3.16. The minimum absolute atomic E-state index is 0.147. The van der Waals surface area contributed by atoms with Crippen molar-refractivity contribution < 1.29 is 14.3 Å². The molecule has 6 heteroatoms. The second kappa shape index (κ2) is 10.3. The highest BCUT2D eigenvalue weighted by Gasteiger charge is 2.18. The number of carbonyl (C=O) groups is 1. The summed E-state index contributed by atoms with van der Waals surface area (Å²) in [5, 5.41) is 2.84. The molecule has 0 saturated heterocycles. The molecule has 0 aliphatic carbocycles. The van der Waals surface area contributed by atoms with Crippen molar-refractivity contribution in [2.24, 2.45) is 5.92 Å². The summed E-state index contributed by atoms with van der Waals surface area (Å²) in [6, 6.07) is 5.74. The molecule has 27 heavy (non-hydrogen) atoms. The van der Waals surface area contributed by atoms with Crippen LogP contribution in [0.5, 0.6) is 11.5 Å². The molecule has 5 nitrogen and oxygen atoms in total. The second-order valence-corrected chi connectivity index (χ2v) is 7.36. The standard InChI is InChI=1S/C21H30N2O3S/c1-6-15(7-2)13-23(8-3)20(24)12-17-14-27-21(22-17)16-9-10-18(25-4)19(11-16)26-5/h9-11,14-15H,6-8,12-13H2,1-5H3. The Morgan fingerprint density at radius 3 is 2.44 bits per heavy atom. The summed E-state index contributed by atoms with van der Waals surface area (Å²) in [4.78, 5) is 19.3. The van der Waals surface area contributed by atoms with Crippen LogP contribution < -0.4 is 9.47 Å². The number of carbonyl (C=O) groups excluding carboxylic acids is 1. The van der Waals surface area contributed by atoms with Gasteiger partial charge in [0.05, 0.1) is 26.3 Å². The first-order valence-corrected chi connectivity index (χ1v) is 10.4. The highest BCUT2D eigenvalue weighted by molar-refractivity contribution is 7.13. The third-order valence-corrected chi connectivity index (χ3v) is 5.82. The minimum atomic E-state index is 0.147. The van der Waals surface area contributed by atoms with Crippen molar-refractivity contribution in [3.8, 4) is 22.1 Å². The number of hydrogen-bond acceptors (Lipinski definition) is 5. The zero-order valence-electron chi connectivity index (χ0n) is 16.9. The van der Waals surface area contributed by atoms with Gasteiger partial charge in [0.25, 0.3) is 0 Å². The van der Waals surface area contributed by atoms with Crippen molar-refractivity contribution in [2.45, 2.75) is 40.0 Å². The zero-order valence-corrected chi connectivity index (χ0v) is 17.8. The van der Waals surface area contributed by atoms with Gasteiger partial charge in [-0.3, -0.25) is 4.79 Å². The highest BCUT2D eigenvalue weighted by Crippen LogP contribution is 2.33. The Bertz CT molecular complexity index is 741. The molecule has 0 saturated carbocycles. The van der Waals surface area contributed by atoms with E-state index in [-0.39, 0.29) is 5.91 Å². The Hall–Kier alpha value is -2.08. The van der Waals surface area contributed by atoms with Crippen LogP contribution in [0.2, 0.25) is 0 Å². The molecule has 148 valence electrons. The smallest absolute Gasteiger partial charge is 0.228 e. The molecule has 2 rings (SSSR count). The summed E-state index contributed by atoms with van der Waals surface area (Å²) < 4.78 is 10.6. The molecule has 0 unspecified atom stereocenters. The molecule has 0 aliphatic rings. The summed E-state index contributed by atoms with van der Waals surface area (Å²) >= 11 is 1.54. The van der Waals surface area contributed by atoms with E-state index < -0.39 is 0 Å².